The highest BCUT2D eigenvalue weighted by molar-refractivity contribution is 7.89. The van der Waals surface area contributed by atoms with Crippen LogP contribution in [0.4, 0.5) is 10.2 Å². The second kappa shape index (κ2) is 6.65. The molecule has 2 aromatic heterocycles. The van der Waals surface area contributed by atoms with Gasteiger partial charge in [0.2, 0.25) is 0 Å². The average Bonchev–Trinajstić information content (AvgIpc) is 3.04. The number of carbonyl (C=O) groups is 1. The number of aromatic nitrogens is 3. The van der Waals surface area contributed by atoms with Crippen molar-refractivity contribution in [3.05, 3.63) is 59.5 Å². The van der Waals surface area contributed by atoms with E-state index in [1.807, 2.05) is 6.92 Å². The molecule has 10 heteroatoms. The maximum absolute atomic E-state index is 13.9. The highest BCUT2D eigenvalue weighted by Gasteiger charge is 2.14. The Balaban J connectivity index is 1.79. The summed E-state index contributed by atoms with van der Waals surface area (Å²) >= 11 is 0. The normalized spacial score (nSPS) is 11.3. The minimum absolute atomic E-state index is 0.115. The first-order chi connectivity index (χ1) is 12.2. The van der Waals surface area contributed by atoms with Crippen molar-refractivity contribution >= 4 is 21.7 Å². The van der Waals surface area contributed by atoms with E-state index in [9.17, 15) is 17.6 Å². The van der Waals surface area contributed by atoms with Crippen LogP contribution in [0.1, 0.15) is 15.9 Å². The first-order valence-electron chi connectivity index (χ1n) is 7.36. The smallest absolute Gasteiger partial charge is 0.258 e. The topological polar surface area (TPSA) is 131 Å². The summed E-state index contributed by atoms with van der Waals surface area (Å²) < 4.78 is 36.3. The number of nitrogens with two attached hydrogens (primary N) is 1. The molecule has 1 amide bonds. The number of aryl methyl sites for hydroxylation is 1. The number of benzene rings is 1. The molecule has 26 heavy (non-hydrogen) atoms. The van der Waals surface area contributed by atoms with E-state index in [0.29, 0.717) is 11.3 Å². The number of sulfonamides is 1. The third-order valence-corrected chi connectivity index (χ3v) is 4.35. The monoisotopic (exact) mass is 375 g/mol. The number of carbonyl (C=O) groups excluding carboxylic acids is 1. The van der Waals surface area contributed by atoms with Crippen LogP contribution in [0, 0.1) is 12.7 Å². The van der Waals surface area contributed by atoms with E-state index in [-0.39, 0.29) is 16.4 Å². The maximum Gasteiger partial charge on any atom is 0.258 e. The summed E-state index contributed by atoms with van der Waals surface area (Å²) in [4.78, 5) is 15.8. The molecule has 2 heterocycles. The summed E-state index contributed by atoms with van der Waals surface area (Å²) in [5.74, 6) is -0.789. The predicted octanol–water partition coefficient (Wildman–Crippen LogP) is 1.82. The fourth-order valence-corrected chi connectivity index (χ4v) is 2.70. The molecule has 0 spiro atoms. The predicted molar refractivity (Wildman–Crippen MR) is 92.3 cm³/mol. The molecule has 1 aromatic carbocycles. The van der Waals surface area contributed by atoms with E-state index in [2.05, 4.69) is 20.5 Å². The van der Waals surface area contributed by atoms with Crippen LogP contribution in [-0.2, 0) is 10.0 Å². The van der Waals surface area contributed by atoms with Crippen LogP contribution in [0.2, 0.25) is 0 Å². The van der Waals surface area contributed by atoms with Crippen molar-refractivity contribution in [1.82, 2.24) is 15.2 Å². The Labute approximate surface area is 148 Å². The molecule has 3 aromatic rings. The van der Waals surface area contributed by atoms with Crippen LogP contribution in [0.25, 0.3) is 11.3 Å². The molecule has 0 aliphatic rings. The van der Waals surface area contributed by atoms with Crippen molar-refractivity contribution in [3.63, 3.8) is 0 Å². The average molecular weight is 375 g/mol. The second-order valence-corrected chi connectivity index (χ2v) is 7.04. The van der Waals surface area contributed by atoms with Crippen molar-refractivity contribution in [2.75, 3.05) is 5.32 Å². The van der Waals surface area contributed by atoms with E-state index in [0.717, 1.165) is 17.8 Å². The molecule has 134 valence electrons. The fraction of sp³-hybridized carbons (Fsp3) is 0.0625. The molecule has 0 unspecified atom stereocenters. The Kier molecular flexibility index (Phi) is 4.53. The number of halogens is 1. The number of amides is 1. The van der Waals surface area contributed by atoms with Gasteiger partial charge in [0.05, 0.1) is 11.3 Å². The Morgan fingerprint density at radius 1 is 1.23 bits per heavy atom. The summed E-state index contributed by atoms with van der Waals surface area (Å²) in [5.41, 5.74) is 1.73. The number of H-pyrrole nitrogens is 1. The van der Waals surface area contributed by atoms with Crippen LogP contribution in [0.5, 0.6) is 0 Å². The number of nitrogens with zero attached hydrogens (tertiary/aromatic N) is 2. The maximum atomic E-state index is 13.9. The summed E-state index contributed by atoms with van der Waals surface area (Å²) in [5, 5.41) is 13.7. The van der Waals surface area contributed by atoms with Gasteiger partial charge in [-0.1, -0.05) is 11.6 Å². The highest BCUT2D eigenvalue weighted by Crippen LogP contribution is 2.24. The van der Waals surface area contributed by atoms with Crippen LogP contribution in [0.3, 0.4) is 0 Å². The Hall–Kier alpha value is -3.11. The molecule has 8 nitrogen and oxygen atoms in total. The molecule has 0 radical (unpaired) electrons. The molecule has 0 saturated carbocycles. The van der Waals surface area contributed by atoms with Crippen molar-refractivity contribution in [2.24, 2.45) is 5.14 Å². The zero-order valence-corrected chi connectivity index (χ0v) is 14.3. The van der Waals surface area contributed by atoms with E-state index in [1.165, 1.54) is 18.2 Å². The lowest BCUT2D eigenvalue weighted by Gasteiger charge is -2.02. The van der Waals surface area contributed by atoms with Crippen molar-refractivity contribution in [1.29, 1.82) is 0 Å². The van der Waals surface area contributed by atoms with Crippen LogP contribution < -0.4 is 10.5 Å². The standard InChI is InChI=1S/C16H14FN5O3S/c1-9-2-4-12(17)11(6-9)13-7-14(22-21-13)20-16(23)10-3-5-15(19-8-10)26(18,24)25/h2-8H,1H3,(H2,18,24,25)(H2,20,21,22,23). The van der Waals surface area contributed by atoms with Crippen molar-refractivity contribution in [3.8, 4) is 11.3 Å². The van der Waals surface area contributed by atoms with Gasteiger partial charge in [-0.15, -0.1) is 0 Å². The third kappa shape index (κ3) is 3.76. The summed E-state index contributed by atoms with van der Waals surface area (Å²) in [7, 11) is -3.93. The molecule has 0 bridgehead atoms. The Morgan fingerprint density at radius 3 is 2.65 bits per heavy atom. The first-order valence-corrected chi connectivity index (χ1v) is 8.91. The first kappa shape index (κ1) is 17.7. The Bertz CT molecular complexity index is 1080. The number of hydrogen-bond acceptors (Lipinski definition) is 5. The molecule has 4 N–H and O–H groups in total. The fourth-order valence-electron chi connectivity index (χ4n) is 2.24. The summed E-state index contributed by atoms with van der Waals surface area (Å²) in [6, 6.07) is 8.54. The Morgan fingerprint density at radius 2 is 2.00 bits per heavy atom. The number of hydrogen-bond donors (Lipinski definition) is 3. The quantitative estimate of drug-likeness (QED) is 0.640. The van der Waals surface area contributed by atoms with Gasteiger partial charge in [0.1, 0.15) is 5.82 Å². The SMILES string of the molecule is Cc1ccc(F)c(-c2cc(NC(=O)c3ccc(S(N)(=O)=O)nc3)n[nH]2)c1. The molecule has 0 atom stereocenters. The molecule has 0 aliphatic carbocycles. The van der Waals surface area contributed by atoms with E-state index >= 15 is 0 Å². The van der Waals surface area contributed by atoms with Gasteiger partial charge in [-0.05, 0) is 31.2 Å². The number of primary sulfonamides is 1. The zero-order chi connectivity index (χ0) is 18.9. The molecule has 0 aliphatic heterocycles. The van der Waals surface area contributed by atoms with Crippen molar-refractivity contribution in [2.45, 2.75) is 11.9 Å². The van der Waals surface area contributed by atoms with E-state index in [4.69, 9.17) is 5.14 Å². The second-order valence-electron chi connectivity index (χ2n) is 5.53. The number of aromatic amines is 1. The lowest BCUT2D eigenvalue weighted by atomic mass is 10.1. The lowest BCUT2D eigenvalue weighted by Crippen LogP contribution is -2.16. The van der Waals surface area contributed by atoms with Gasteiger partial charge in [-0.25, -0.2) is 22.9 Å². The van der Waals surface area contributed by atoms with Gasteiger partial charge < -0.3 is 5.32 Å². The molecular weight excluding hydrogens is 361 g/mol. The highest BCUT2D eigenvalue weighted by atomic mass is 32.2. The van der Waals surface area contributed by atoms with Crippen molar-refractivity contribution < 1.29 is 17.6 Å². The minimum atomic E-state index is -3.93. The van der Waals surface area contributed by atoms with Gasteiger partial charge in [-0.2, -0.15) is 5.10 Å². The zero-order valence-electron chi connectivity index (χ0n) is 13.5. The molecular formula is C16H14FN5O3S. The minimum Gasteiger partial charge on any atom is -0.305 e. The largest absolute Gasteiger partial charge is 0.305 e. The summed E-state index contributed by atoms with van der Waals surface area (Å²) in [6.45, 7) is 1.83. The van der Waals surface area contributed by atoms with E-state index < -0.39 is 21.7 Å². The van der Waals surface area contributed by atoms with Crippen LogP contribution >= 0.6 is 0 Å². The van der Waals surface area contributed by atoms with Gasteiger partial charge >= 0.3 is 0 Å². The number of anilines is 1. The third-order valence-electron chi connectivity index (χ3n) is 3.52. The number of nitrogens with one attached hydrogen (secondary N) is 2. The van der Waals surface area contributed by atoms with Gasteiger partial charge in [-0.3, -0.25) is 9.89 Å². The van der Waals surface area contributed by atoms with Crippen LogP contribution in [-0.4, -0.2) is 29.5 Å². The molecule has 0 saturated heterocycles. The van der Waals surface area contributed by atoms with E-state index in [1.54, 1.807) is 12.1 Å². The lowest BCUT2D eigenvalue weighted by molar-refractivity contribution is 0.102. The summed E-state index contributed by atoms with van der Waals surface area (Å²) in [6.07, 6.45) is 1.09. The van der Waals surface area contributed by atoms with Gasteiger partial charge in [0.25, 0.3) is 15.9 Å². The van der Waals surface area contributed by atoms with Gasteiger partial charge in [0, 0.05) is 17.8 Å². The molecule has 3 rings (SSSR count). The number of pyridine rings is 1. The van der Waals surface area contributed by atoms with Gasteiger partial charge in [0.15, 0.2) is 10.8 Å². The molecule has 0 fully saturated rings. The number of rotatable bonds is 4. The van der Waals surface area contributed by atoms with Crippen LogP contribution in [0.15, 0.2) is 47.6 Å².